The molecule has 0 aromatic carbocycles. The van der Waals surface area contributed by atoms with Gasteiger partial charge in [0.2, 0.25) is 0 Å². The zero-order chi connectivity index (χ0) is 12.1. The van der Waals surface area contributed by atoms with Crippen molar-refractivity contribution in [3.8, 4) is 0 Å². The topological polar surface area (TPSA) is 56.5 Å². The van der Waals surface area contributed by atoms with Gasteiger partial charge in [-0.15, -0.1) is 11.6 Å². The Labute approximate surface area is 98.5 Å². The van der Waals surface area contributed by atoms with Gasteiger partial charge in [-0.25, -0.2) is 0 Å². The highest BCUT2D eigenvalue weighted by molar-refractivity contribution is 6.29. The van der Waals surface area contributed by atoms with Gasteiger partial charge in [-0.3, -0.25) is 4.79 Å². The molecule has 1 aromatic rings. The average Bonchev–Trinajstić information content (AvgIpc) is 2.65. The number of aryl methyl sites for hydroxylation is 1. The summed E-state index contributed by atoms with van der Waals surface area (Å²) in [4.78, 5) is 22.3. The highest BCUT2D eigenvalue weighted by Crippen LogP contribution is 2.26. The smallest absolute Gasteiger partial charge is 0.318 e. The summed E-state index contributed by atoms with van der Waals surface area (Å²) in [6.45, 7) is 3.67. The largest absolute Gasteiger partial charge is 0.465 e. The maximum atomic E-state index is 11.6. The molecule has 0 bridgehead atoms. The van der Waals surface area contributed by atoms with Gasteiger partial charge in [0.25, 0.3) is 0 Å². The van der Waals surface area contributed by atoms with Gasteiger partial charge >= 0.3 is 5.97 Å². The van der Waals surface area contributed by atoms with Crippen LogP contribution < -0.4 is 0 Å². The quantitative estimate of drug-likeness (QED) is 0.452. The first-order valence-electron chi connectivity index (χ1n) is 4.92. The Balaban J connectivity index is 2.95. The Morgan fingerprint density at radius 2 is 2.31 bits per heavy atom. The number of furan rings is 1. The van der Waals surface area contributed by atoms with Crippen LogP contribution in [0.2, 0.25) is 0 Å². The molecule has 0 spiro atoms. The van der Waals surface area contributed by atoms with Crippen LogP contribution in [0.25, 0.3) is 0 Å². The molecule has 4 nitrogen and oxygen atoms in total. The standard InChI is InChI=1S/C11H13ClO4/c1-3-15-11(14)10(8(12)6-13)9-5-4-7(2)16-9/h4-6,8,10H,3H2,1-2H3/t8-,10+/m0/s1. The molecule has 0 radical (unpaired) electrons. The molecule has 2 atom stereocenters. The predicted octanol–water partition coefficient (Wildman–Crippen LogP) is 2.04. The third-order valence-electron chi connectivity index (χ3n) is 2.06. The number of aldehydes is 1. The van der Waals surface area contributed by atoms with Crippen molar-refractivity contribution < 1.29 is 18.7 Å². The fourth-order valence-electron chi connectivity index (χ4n) is 1.33. The number of hydrogen-bond donors (Lipinski definition) is 0. The number of esters is 1. The Bertz CT molecular complexity index is 372. The number of hydrogen-bond acceptors (Lipinski definition) is 4. The average molecular weight is 245 g/mol. The monoisotopic (exact) mass is 244 g/mol. The minimum atomic E-state index is -0.982. The van der Waals surface area contributed by atoms with Gasteiger partial charge < -0.3 is 13.9 Å². The lowest BCUT2D eigenvalue weighted by atomic mass is 10.0. The molecule has 1 aromatic heterocycles. The summed E-state index contributed by atoms with van der Waals surface area (Å²) in [6.07, 6.45) is 0.501. The zero-order valence-corrected chi connectivity index (χ0v) is 9.86. The Hall–Kier alpha value is -1.29. The molecular weight excluding hydrogens is 232 g/mol. The molecule has 5 heteroatoms. The van der Waals surface area contributed by atoms with Crippen LogP contribution in [-0.2, 0) is 14.3 Å². The van der Waals surface area contributed by atoms with Crippen molar-refractivity contribution in [1.29, 1.82) is 0 Å². The van der Waals surface area contributed by atoms with E-state index in [4.69, 9.17) is 20.8 Å². The maximum absolute atomic E-state index is 11.6. The van der Waals surface area contributed by atoms with Crippen LogP contribution in [0.3, 0.4) is 0 Å². The fourth-order valence-corrected chi connectivity index (χ4v) is 1.56. The highest BCUT2D eigenvalue weighted by atomic mass is 35.5. The molecule has 0 unspecified atom stereocenters. The van der Waals surface area contributed by atoms with Crippen molar-refractivity contribution >= 4 is 23.9 Å². The summed E-state index contributed by atoms with van der Waals surface area (Å²) in [5, 5.41) is -0.982. The molecular formula is C11H13ClO4. The van der Waals surface area contributed by atoms with E-state index in [0.717, 1.165) is 0 Å². The third-order valence-corrected chi connectivity index (χ3v) is 2.41. The molecule has 1 heterocycles. The van der Waals surface area contributed by atoms with E-state index in [9.17, 15) is 9.59 Å². The van der Waals surface area contributed by atoms with E-state index in [0.29, 0.717) is 17.8 Å². The van der Waals surface area contributed by atoms with Crippen molar-refractivity contribution in [2.75, 3.05) is 6.61 Å². The van der Waals surface area contributed by atoms with Gasteiger partial charge in [0.05, 0.1) is 6.61 Å². The fraction of sp³-hybridized carbons (Fsp3) is 0.455. The maximum Gasteiger partial charge on any atom is 0.318 e. The van der Waals surface area contributed by atoms with Crippen molar-refractivity contribution in [3.63, 3.8) is 0 Å². The van der Waals surface area contributed by atoms with Crippen molar-refractivity contribution in [1.82, 2.24) is 0 Å². The Kier molecular flexibility index (Phi) is 4.55. The number of rotatable bonds is 5. The van der Waals surface area contributed by atoms with Gasteiger partial charge in [0.1, 0.15) is 29.1 Å². The van der Waals surface area contributed by atoms with E-state index in [1.165, 1.54) is 0 Å². The first-order valence-corrected chi connectivity index (χ1v) is 5.36. The predicted molar refractivity (Wildman–Crippen MR) is 58.5 cm³/mol. The second kappa shape index (κ2) is 5.70. The van der Waals surface area contributed by atoms with Gasteiger partial charge in [-0.1, -0.05) is 0 Å². The number of halogens is 1. The van der Waals surface area contributed by atoms with E-state index in [2.05, 4.69) is 0 Å². The van der Waals surface area contributed by atoms with Gasteiger partial charge in [-0.2, -0.15) is 0 Å². The SMILES string of the molecule is CCOC(=O)[C@@H](c1ccc(C)o1)[C@@H](Cl)C=O. The van der Waals surface area contributed by atoms with Crippen LogP contribution in [0.15, 0.2) is 16.5 Å². The van der Waals surface area contributed by atoms with Gasteiger partial charge in [-0.05, 0) is 26.0 Å². The molecule has 0 saturated heterocycles. The number of alkyl halides is 1. The molecule has 0 aliphatic carbocycles. The van der Waals surface area contributed by atoms with E-state index in [1.54, 1.807) is 26.0 Å². The molecule has 0 fully saturated rings. The van der Waals surface area contributed by atoms with E-state index < -0.39 is 17.3 Å². The summed E-state index contributed by atoms with van der Waals surface area (Å²) in [5.41, 5.74) is 0. The van der Waals surface area contributed by atoms with Crippen molar-refractivity contribution in [2.24, 2.45) is 0 Å². The van der Waals surface area contributed by atoms with E-state index >= 15 is 0 Å². The number of carbonyl (C=O) groups excluding carboxylic acids is 2. The Morgan fingerprint density at radius 3 is 2.75 bits per heavy atom. The van der Waals surface area contributed by atoms with Crippen LogP contribution in [0.4, 0.5) is 0 Å². The molecule has 0 aliphatic rings. The number of carbonyl (C=O) groups is 2. The summed E-state index contributed by atoms with van der Waals surface area (Å²) >= 11 is 5.78. The van der Waals surface area contributed by atoms with E-state index in [-0.39, 0.29) is 6.61 Å². The third kappa shape index (κ3) is 2.85. The van der Waals surface area contributed by atoms with Crippen molar-refractivity contribution in [3.05, 3.63) is 23.7 Å². The second-order valence-electron chi connectivity index (χ2n) is 3.26. The molecule has 1 rings (SSSR count). The minimum absolute atomic E-state index is 0.234. The lowest BCUT2D eigenvalue weighted by Crippen LogP contribution is -2.25. The minimum Gasteiger partial charge on any atom is -0.465 e. The van der Waals surface area contributed by atoms with Crippen molar-refractivity contribution in [2.45, 2.75) is 25.1 Å². The molecule has 0 N–H and O–H groups in total. The molecule has 0 amide bonds. The number of ether oxygens (including phenoxy) is 1. The second-order valence-corrected chi connectivity index (χ2v) is 3.76. The lowest BCUT2D eigenvalue weighted by molar-refractivity contribution is -0.146. The first-order chi connectivity index (χ1) is 7.60. The summed E-state index contributed by atoms with van der Waals surface area (Å²) in [7, 11) is 0. The molecule has 0 aliphatic heterocycles. The normalized spacial score (nSPS) is 14.2. The first kappa shape index (κ1) is 12.8. The summed E-state index contributed by atoms with van der Waals surface area (Å²) in [5.74, 6) is -0.432. The van der Waals surface area contributed by atoms with Crippen LogP contribution in [0.1, 0.15) is 24.4 Å². The summed E-state index contributed by atoms with van der Waals surface area (Å²) in [6, 6.07) is 3.33. The zero-order valence-electron chi connectivity index (χ0n) is 9.10. The van der Waals surface area contributed by atoms with Crippen LogP contribution in [0, 0.1) is 6.92 Å². The van der Waals surface area contributed by atoms with Crippen LogP contribution in [0.5, 0.6) is 0 Å². The van der Waals surface area contributed by atoms with Gasteiger partial charge in [0, 0.05) is 0 Å². The molecule has 88 valence electrons. The highest BCUT2D eigenvalue weighted by Gasteiger charge is 2.32. The lowest BCUT2D eigenvalue weighted by Gasteiger charge is -2.14. The molecule has 0 saturated carbocycles. The van der Waals surface area contributed by atoms with Gasteiger partial charge in [0.15, 0.2) is 0 Å². The van der Waals surface area contributed by atoms with E-state index in [1.807, 2.05) is 0 Å². The Morgan fingerprint density at radius 1 is 1.62 bits per heavy atom. The van der Waals surface area contributed by atoms with Crippen LogP contribution >= 0.6 is 11.6 Å². The molecule has 16 heavy (non-hydrogen) atoms. The van der Waals surface area contributed by atoms with Crippen LogP contribution in [-0.4, -0.2) is 24.2 Å². The summed E-state index contributed by atoms with van der Waals surface area (Å²) < 4.78 is 10.1.